The Morgan fingerprint density at radius 1 is 1.00 bits per heavy atom. The first-order valence-corrected chi connectivity index (χ1v) is 10.7. The van der Waals surface area contributed by atoms with E-state index in [-0.39, 0.29) is 5.82 Å². The maximum Gasteiger partial charge on any atom is 0.213 e. The lowest BCUT2D eigenvalue weighted by molar-refractivity contribution is 0.398. The number of nitrogens with zero attached hydrogens (tertiary/aromatic N) is 5. The number of imidazole rings is 1. The molecule has 7 nitrogen and oxygen atoms in total. The average molecular weight is 433 g/mol. The Balaban J connectivity index is 1.74. The first kappa shape index (κ1) is 20.4. The lowest BCUT2D eigenvalue weighted by atomic mass is 10.1. The molecule has 0 spiro atoms. The molecule has 3 aromatic heterocycles. The Labute approximate surface area is 185 Å². The summed E-state index contributed by atoms with van der Waals surface area (Å²) in [4.78, 5) is 11.6. The minimum Gasteiger partial charge on any atom is -0.481 e. The minimum atomic E-state index is -0.285. The quantitative estimate of drug-likeness (QED) is 0.529. The molecule has 0 amide bonds. The second-order valence-electron chi connectivity index (χ2n) is 8.23. The molecule has 1 aromatic carbocycles. The van der Waals surface area contributed by atoms with Gasteiger partial charge in [0.2, 0.25) is 5.88 Å². The van der Waals surface area contributed by atoms with Crippen LogP contribution in [0.15, 0.2) is 54.9 Å². The summed E-state index contributed by atoms with van der Waals surface area (Å²) in [6.45, 7) is 6.12. The zero-order valence-corrected chi connectivity index (χ0v) is 18.3. The van der Waals surface area contributed by atoms with Gasteiger partial charge >= 0.3 is 0 Å². The first-order chi connectivity index (χ1) is 15.5. The van der Waals surface area contributed by atoms with E-state index in [9.17, 15) is 4.39 Å². The van der Waals surface area contributed by atoms with Gasteiger partial charge in [-0.25, -0.2) is 18.9 Å². The van der Waals surface area contributed by atoms with Crippen LogP contribution in [-0.2, 0) is 0 Å². The molecule has 1 saturated heterocycles. The number of methoxy groups -OCH3 is 1. The summed E-state index contributed by atoms with van der Waals surface area (Å²) in [5.74, 6) is 0.218. The molecule has 5 rings (SSSR count). The van der Waals surface area contributed by atoms with Crippen molar-refractivity contribution in [2.24, 2.45) is 0 Å². The minimum absolute atomic E-state index is 0.285. The smallest absolute Gasteiger partial charge is 0.213 e. The third-order valence-electron chi connectivity index (χ3n) is 5.73. The molecule has 1 N–H and O–H groups in total. The van der Waals surface area contributed by atoms with Crippen molar-refractivity contribution in [2.45, 2.75) is 25.9 Å². The standard InChI is InChI=1S/C24H25FN6O/c1-15-13-30(14-16(2)28-15)20-9-11-27-31-23(18-8-10-26-21(12-18)32-3)22(29-24(20)31)17-4-6-19(25)7-5-17/h4-12,15-16,28H,13-14H2,1-3H3/t15-,16+. The number of halogens is 1. The molecule has 4 aromatic rings. The fourth-order valence-corrected chi connectivity index (χ4v) is 4.44. The van der Waals surface area contributed by atoms with Gasteiger partial charge in [-0.15, -0.1) is 0 Å². The molecule has 32 heavy (non-hydrogen) atoms. The third-order valence-corrected chi connectivity index (χ3v) is 5.73. The normalized spacial score (nSPS) is 18.8. The number of hydrogen-bond acceptors (Lipinski definition) is 6. The maximum atomic E-state index is 13.6. The molecule has 1 aliphatic heterocycles. The van der Waals surface area contributed by atoms with Gasteiger partial charge in [-0.05, 0) is 50.2 Å². The topological polar surface area (TPSA) is 67.6 Å². The van der Waals surface area contributed by atoms with Gasteiger partial charge in [-0.2, -0.15) is 5.10 Å². The zero-order chi connectivity index (χ0) is 22.2. The Morgan fingerprint density at radius 3 is 2.47 bits per heavy atom. The second kappa shape index (κ2) is 8.20. The van der Waals surface area contributed by atoms with Crippen LogP contribution in [0.2, 0.25) is 0 Å². The van der Waals surface area contributed by atoms with E-state index in [1.165, 1.54) is 12.1 Å². The summed E-state index contributed by atoms with van der Waals surface area (Å²) in [7, 11) is 1.59. The van der Waals surface area contributed by atoms with Crippen LogP contribution in [0.5, 0.6) is 5.88 Å². The Kier molecular flexibility index (Phi) is 5.22. The van der Waals surface area contributed by atoms with Crippen molar-refractivity contribution >= 4 is 11.3 Å². The third kappa shape index (κ3) is 3.67. The predicted octanol–water partition coefficient (Wildman–Crippen LogP) is 3.79. The molecule has 0 saturated carbocycles. The summed E-state index contributed by atoms with van der Waals surface area (Å²) >= 11 is 0. The highest BCUT2D eigenvalue weighted by atomic mass is 19.1. The van der Waals surface area contributed by atoms with Crippen molar-refractivity contribution in [3.63, 3.8) is 0 Å². The van der Waals surface area contributed by atoms with E-state index in [1.807, 2.05) is 22.7 Å². The van der Waals surface area contributed by atoms with Gasteiger partial charge in [0.15, 0.2) is 5.65 Å². The van der Waals surface area contributed by atoms with Crippen molar-refractivity contribution in [3.8, 4) is 28.4 Å². The molecular weight excluding hydrogens is 407 g/mol. The van der Waals surface area contributed by atoms with Crippen molar-refractivity contribution in [3.05, 3.63) is 60.7 Å². The molecule has 2 atom stereocenters. The van der Waals surface area contributed by atoms with E-state index < -0.39 is 0 Å². The van der Waals surface area contributed by atoms with E-state index in [4.69, 9.17) is 9.72 Å². The summed E-state index contributed by atoms with van der Waals surface area (Å²) in [5, 5.41) is 8.22. The van der Waals surface area contributed by atoms with Gasteiger partial charge in [0.05, 0.1) is 24.7 Å². The summed E-state index contributed by atoms with van der Waals surface area (Å²) < 4.78 is 20.8. The van der Waals surface area contributed by atoms with E-state index in [2.05, 4.69) is 34.1 Å². The van der Waals surface area contributed by atoms with Crippen LogP contribution in [0.4, 0.5) is 10.1 Å². The van der Waals surface area contributed by atoms with Gasteiger partial charge < -0.3 is 15.0 Å². The van der Waals surface area contributed by atoms with Crippen molar-refractivity contribution in [2.75, 3.05) is 25.1 Å². The summed E-state index contributed by atoms with van der Waals surface area (Å²) in [5.41, 5.74) is 5.01. The molecule has 0 aliphatic carbocycles. The highest BCUT2D eigenvalue weighted by Crippen LogP contribution is 2.36. The highest BCUT2D eigenvalue weighted by Gasteiger charge is 2.26. The monoisotopic (exact) mass is 432 g/mol. The Bertz CT molecular complexity index is 1250. The van der Waals surface area contributed by atoms with Gasteiger partial charge in [0, 0.05) is 48.6 Å². The number of rotatable bonds is 4. The highest BCUT2D eigenvalue weighted by molar-refractivity contribution is 5.85. The van der Waals surface area contributed by atoms with E-state index >= 15 is 0 Å². The molecular formula is C24H25FN6O. The molecule has 1 fully saturated rings. The summed E-state index contributed by atoms with van der Waals surface area (Å²) in [6, 6.07) is 12.9. The fraction of sp³-hybridized carbons (Fsp3) is 0.292. The predicted molar refractivity (Wildman–Crippen MR) is 122 cm³/mol. The van der Waals surface area contributed by atoms with Gasteiger partial charge in [-0.1, -0.05) is 0 Å². The van der Waals surface area contributed by atoms with Crippen LogP contribution in [0, 0.1) is 5.82 Å². The Morgan fingerprint density at radius 2 is 1.75 bits per heavy atom. The van der Waals surface area contributed by atoms with Crippen molar-refractivity contribution in [1.29, 1.82) is 0 Å². The van der Waals surface area contributed by atoms with Crippen LogP contribution in [-0.4, -0.2) is 51.9 Å². The number of pyridine rings is 1. The van der Waals surface area contributed by atoms with Gasteiger partial charge in [0.25, 0.3) is 0 Å². The molecule has 0 radical (unpaired) electrons. The number of fused-ring (bicyclic) bond motifs is 1. The fourth-order valence-electron chi connectivity index (χ4n) is 4.44. The number of hydrogen-bond donors (Lipinski definition) is 1. The molecule has 8 heteroatoms. The SMILES string of the molecule is COc1cc(-c2c(-c3ccc(F)cc3)nc3c(N4C[C@@H](C)N[C@@H](C)C4)ccnn23)ccn1. The molecule has 1 aliphatic rings. The lowest BCUT2D eigenvalue weighted by Gasteiger charge is -2.37. The van der Waals surface area contributed by atoms with Crippen LogP contribution in [0.3, 0.4) is 0 Å². The molecule has 164 valence electrons. The van der Waals surface area contributed by atoms with Crippen LogP contribution < -0.4 is 15.0 Å². The van der Waals surface area contributed by atoms with Crippen molar-refractivity contribution < 1.29 is 9.13 Å². The van der Waals surface area contributed by atoms with Crippen LogP contribution in [0.25, 0.3) is 28.2 Å². The van der Waals surface area contributed by atoms with Gasteiger partial charge in [-0.3, -0.25) is 0 Å². The van der Waals surface area contributed by atoms with E-state index in [0.717, 1.165) is 46.9 Å². The number of aromatic nitrogens is 4. The van der Waals surface area contributed by atoms with E-state index in [1.54, 1.807) is 31.6 Å². The molecule has 4 heterocycles. The number of anilines is 1. The second-order valence-corrected chi connectivity index (χ2v) is 8.23. The van der Waals surface area contributed by atoms with Gasteiger partial charge in [0.1, 0.15) is 11.5 Å². The largest absolute Gasteiger partial charge is 0.481 e. The summed E-state index contributed by atoms with van der Waals surface area (Å²) in [6.07, 6.45) is 3.50. The lowest BCUT2D eigenvalue weighted by Crippen LogP contribution is -2.54. The Hall–Kier alpha value is -3.52. The number of benzene rings is 1. The maximum absolute atomic E-state index is 13.6. The molecule has 0 bridgehead atoms. The van der Waals surface area contributed by atoms with Crippen molar-refractivity contribution in [1.82, 2.24) is 24.9 Å². The van der Waals surface area contributed by atoms with E-state index in [0.29, 0.717) is 18.0 Å². The number of nitrogens with one attached hydrogen (secondary N) is 1. The van der Waals surface area contributed by atoms with Crippen LogP contribution >= 0.6 is 0 Å². The zero-order valence-electron chi connectivity index (χ0n) is 18.3. The first-order valence-electron chi connectivity index (χ1n) is 10.7. The number of piperazine rings is 1. The van der Waals surface area contributed by atoms with Crippen LogP contribution in [0.1, 0.15) is 13.8 Å². The number of ether oxygens (including phenoxy) is 1. The average Bonchev–Trinajstić information content (AvgIpc) is 3.18. The molecule has 0 unspecified atom stereocenters.